The maximum atomic E-state index is 12.9. The fraction of sp³-hybridized carbons (Fsp3) is 0.238. The molecule has 2 amide bonds. The highest BCUT2D eigenvalue weighted by Crippen LogP contribution is 2.29. The first-order chi connectivity index (χ1) is 14.0. The maximum absolute atomic E-state index is 12.9. The molecule has 2 aromatic rings. The molecule has 0 aromatic heterocycles. The van der Waals surface area contributed by atoms with Crippen molar-refractivity contribution < 1.29 is 28.8 Å². The van der Waals surface area contributed by atoms with Crippen LogP contribution in [0, 0.1) is 0 Å². The van der Waals surface area contributed by atoms with Crippen molar-refractivity contribution >= 4 is 11.8 Å². The molecule has 8 nitrogen and oxygen atoms in total. The van der Waals surface area contributed by atoms with Crippen LogP contribution in [0.25, 0.3) is 0 Å². The van der Waals surface area contributed by atoms with Crippen molar-refractivity contribution in [3.05, 3.63) is 70.5 Å². The zero-order chi connectivity index (χ0) is 20.8. The molecule has 1 aliphatic heterocycles. The summed E-state index contributed by atoms with van der Waals surface area (Å²) in [7, 11) is 3.02. The van der Waals surface area contributed by atoms with E-state index in [4.69, 9.17) is 25.0 Å². The second kappa shape index (κ2) is 9.11. The molecule has 0 spiro atoms. The average molecular weight is 398 g/mol. The van der Waals surface area contributed by atoms with Gasteiger partial charge in [0.2, 0.25) is 0 Å². The molecule has 0 unspecified atom stereocenters. The van der Waals surface area contributed by atoms with E-state index in [1.165, 1.54) is 7.11 Å². The van der Waals surface area contributed by atoms with E-state index in [1.807, 2.05) is 24.3 Å². The van der Waals surface area contributed by atoms with E-state index in [9.17, 15) is 9.59 Å². The molecule has 1 heterocycles. The fourth-order valence-corrected chi connectivity index (χ4v) is 3.03. The van der Waals surface area contributed by atoms with Crippen LogP contribution in [0.3, 0.4) is 0 Å². The summed E-state index contributed by atoms with van der Waals surface area (Å²) in [5.41, 5.74) is 7.34. The number of methoxy groups -OCH3 is 2. The first-order valence-corrected chi connectivity index (χ1v) is 8.92. The Morgan fingerprint density at radius 2 is 1.86 bits per heavy atom. The number of hydrogen-bond donors (Lipinski definition) is 2. The molecular formula is C21H22N2O6. The molecule has 3 N–H and O–H groups in total. The first kappa shape index (κ1) is 20.2. The smallest absolute Gasteiger partial charge is 0.252 e. The molecule has 0 atom stereocenters. The molecule has 2 aromatic carbocycles. The zero-order valence-electron chi connectivity index (χ0n) is 16.2. The average Bonchev–Trinajstić information content (AvgIpc) is 3.24. The highest BCUT2D eigenvalue weighted by molar-refractivity contribution is 6.03. The third-order valence-corrected chi connectivity index (χ3v) is 4.49. The summed E-state index contributed by atoms with van der Waals surface area (Å²) < 4.78 is 10.4. The lowest BCUT2D eigenvalue weighted by molar-refractivity contribution is -0.234. The van der Waals surface area contributed by atoms with Crippen molar-refractivity contribution in [1.29, 1.82) is 0 Å². The van der Waals surface area contributed by atoms with Crippen LogP contribution in [-0.4, -0.2) is 32.6 Å². The van der Waals surface area contributed by atoms with E-state index in [-0.39, 0.29) is 17.9 Å². The molecule has 3 rings (SSSR count). The van der Waals surface area contributed by atoms with Crippen molar-refractivity contribution in [3.63, 3.8) is 0 Å². The molecule has 0 radical (unpaired) electrons. The number of rotatable bonds is 8. The number of hydrogen-bond acceptors (Lipinski definition) is 6. The number of carbonyl (C=O) groups excluding carboxylic acids is 2. The molecule has 8 heteroatoms. The minimum absolute atomic E-state index is 0.140. The van der Waals surface area contributed by atoms with Crippen LogP contribution in [0.2, 0.25) is 0 Å². The number of amides is 2. The van der Waals surface area contributed by atoms with Gasteiger partial charge in [0.05, 0.1) is 19.8 Å². The van der Waals surface area contributed by atoms with Gasteiger partial charge in [-0.15, -0.1) is 0 Å². The highest BCUT2D eigenvalue weighted by atomic mass is 17.2. The van der Waals surface area contributed by atoms with Gasteiger partial charge in [-0.25, -0.2) is 0 Å². The Balaban J connectivity index is 1.88. The summed E-state index contributed by atoms with van der Waals surface area (Å²) in [6.45, 7) is 0.604. The lowest BCUT2D eigenvalue weighted by Crippen LogP contribution is -2.26. The Kier molecular flexibility index (Phi) is 6.36. The van der Waals surface area contributed by atoms with Crippen LogP contribution >= 0.6 is 0 Å². The predicted molar refractivity (Wildman–Crippen MR) is 105 cm³/mol. The van der Waals surface area contributed by atoms with Crippen LogP contribution in [0.15, 0.2) is 48.2 Å². The lowest BCUT2D eigenvalue weighted by Gasteiger charge is -2.16. The van der Waals surface area contributed by atoms with E-state index >= 15 is 0 Å². The summed E-state index contributed by atoms with van der Waals surface area (Å²) in [4.78, 5) is 34.9. The second-order valence-corrected chi connectivity index (χ2v) is 6.28. The van der Waals surface area contributed by atoms with Gasteiger partial charge in [0.1, 0.15) is 23.9 Å². The number of benzene rings is 2. The van der Waals surface area contributed by atoms with Gasteiger partial charge < -0.3 is 25.4 Å². The van der Waals surface area contributed by atoms with Crippen LogP contribution in [-0.2, 0) is 22.7 Å². The van der Waals surface area contributed by atoms with Crippen molar-refractivity contribution in [3.8, 4) is 11.5 Å². The highest BCUT2D eigenvalue weighted by Gasteiger charge is 2.24. The second-order valence-electron chi connectivity index (χ2n) is 6.28. The van der Waals surface area contributed by atoms with Crippen LogP contribution in [0.1, 0.15) is 31.8 Å². The van der Waals surface area contributed by atoms with Crippen LogP contribution < -0.4 is 20.5 Å². The summed E-state index contributed by atoms with van der Waals surface area (Å²) in [6, 6.07) is 10.5. The monoisotopic (exact) mass is 398 g/mol. The van der Waals surface area contributed by atoms with Gasteiger partial charge in [-0.3, -0.25) is 9.59 Å². The third-order valence-electron chi connectivity index (χ3n) is 4.49. The topological polar surface area (TPSA) is 109 Å². The molecule has 0 saturated carbocycles. The maximum Gasteiger partial charge on any atom is 0.252 e. The molecule has 0 saturated heterocycles. The van der Waals surface area contributed by atoms with Gasteiger partial charge in [-0.2, -0.15) is 4.89 Å². The molecule has 152 valence electrons. The number of nitrogens with two attached hydrogens (primary N) is 1. The molecule has 0 bridgehead atoms. The molecule has 0 fully saturated rings. The minimum atomic E-state index is -0.693. The van der Waals surface area contributed by atoms with Gasteiger partial charge in [-0.1, -0.05) is 12.1 Å². The number of primary amides is 1. The minimum Gasteiger partial charge on any atom is -0.497 e. The Bertz CT molecular complexity index is 937. The Hall–Kier alpha value is -3.52. The van der Waals surface area contributed by atoms with Gasteiger partial charge in [-0.05, 0) is 41.5 Å². The van der Waals surface area contributed by atoms with E-state index in [2.05, 4.69) is 5.32 Å². The Morgan fingerprint density at radius 3 is 2.45 bits per heavy atom. The van der Waals surface area contributed by atoms with Crippen LogP contribution in [0.4, 0.5) is 0 Å². The van der Waals surface area contributed by atoms with E-state index in [0.717, 1.165) is 11.3 Å². The lowest BCUT2D eigenvalue weighted by atomic mass is 9.95. The molecule has 29 heavy (non-hydrogen) atoms. The fourth-order valence-electron chi connectivity index (χ4n) is 3.03. The zero-order valence-corrected chi connectivity index (χ0v) is 16.2. The summed E-state index contributed by atoms with van der Waals surface area (Å²) in [6.07, 6.45) is 1.89. The quantitative estimate of drug-likeness (QED) is 0.660. The van der Waals surface area contributed by atoms with Crippen LogP contribution in [0.5, 0.6) is 11.5 Å². The number of ether oxygens (including phenoxy) is 2. The van der Waals surface area contributed by atoms with Crippen molar-refractivity contribution in [2.24, 2.45) is 5.73 Å². The Morgan fingerprint density at radius 1 is 1.10 bits per heavy atom. The van der Waals surface area contributed by atoms with Crippen molar-refractivity contribution in [2.45, 2.75) is 13.0 Å². The third kappa shape index (κ3) is 4.67. The number of carbonyl (C=O) groups is 2. The standard InChI is InChI=1S/C21H22N2O6/c1-26-14-5-3-13(4-6-14)12-23-21(25)16-7-8-18(27-2)19(20(22)24)17(16)11-15-9-10-28-29-15/h3-9H,10-12H2,1-2H3,(H2,22,24)(H,23,25). The van der Waals surface area contributed by atoms with Gasteiger partial charge in [0, 0.05) is 18.5 Å². The summed E-state index contributed by atoms with van der Waals surface area (Å²) >= 11 is 0. The largest absolute Gasteiger partial charge is 0.497 e. The summed E-state index contributed by atoms with van der Waals surface area (Å²) in [5, 5.41) is 2.86. The van der Waals surface area contributed by atoms with Crippen molar-refractivity contribution in [2.75, 3.05) is 20.8 Å². The number of allylic oxidation sites excluding steroid dienone is 1. The van der Waals surface area contributed by atoms with Gasteiger partial charge in [0.15, 0.2) is 0 Å². The van der Waals surface area contributed by atoms with Gasteiger partial charge >= 0.3 is 0 Å². The predicted octanol–water partition coefficient (Wildman–Crippen LogP) is 2.12. The van der Waals surface area contributed by atoms with E-state index in [0.29, 0.717) is 35.8 Å². The molecule has 1 aliphatic rings. The number of nitrogens with one attached hydrogen (secondary N) is 1. The van der Waals surface area contributed by atoms with E-state index in [1.54, 1.807) is 25.3 Å². The molecular weight excluding hydrogens is 376 g/mol. The molecule has 0 aliphatic carbocycles. The Labute approximate surface area is 168 Å². The first-order valence-electron chi connectivity index (χ1n) is 8.92. The summed E-state index contributed by atoms with van der Waals surface area (Å²) in [5.74, 6) is 0.473. The normalized spacial score (nSPS) is 12.7. The van der Waals surface area contributed by atoms with Gasteiger partial charge in [0.25, 0.3) is 11.8 Å². The SMILES string of the molecule is COc1ccc(CNC(=O)c2ccc(OC)c(C(N)=O)c2CC2=CCOO2)cc1. The van der Waals surface area contributed by atoms with E-state index < -0.39 is 5.91 Å². The van der Waals surface area contributed by atoms with Crippen molar-refractivity contribution in [1.82, 2.24) is 5.32 Å².